The number of para-hydroxylation sites is 1. The van der Waals surface area contributed by atoms with Crippen molar-refractivity contribution in [1.29, 1.82) is 0 Å². The molecule has 9 heteroatoms. The van der Waals surface area contributed by atoms with E-state index in [4.69, 9.17) is 28.4 Å². The van der Waals surface area contributed by atoms with E-state index in [0.717, 1.165) is 5.56 Å². The third-order valence-corrected chi connectivity index (χ3v) is 4.40. The van der Waals surface area contributed by atoms with Crippen LogP contribution in [0.1, 0.15) is 11.1 Å². The Kier molecular flexibility index (Phi) is 9.22. The summed E-state index contributed by atoms with van der Waals surface area (Å²) in [6, 6.07) is 8.70. The minimum absolute atomic E-state index is 0.192. The van der Waals surface area contributed by atoms with E-state index in [-0.39, 0.29) is 6.54 Å². The summed E-state index contributed by atoms with van der Waals surface area (Å²) in [5.74, 6) is 1.30. The van der Waals surface area contributed by atoms with E-state index in [2.05, 4.69) is 5.32 Å². The van der Waals surface area contributed by atoms with Crippen molar-refractivity contribution in [3.63, 3.8) is 0 Å². The fourth-order valence-electron chi connectivity index (χ4n) is 2.88. The topological polar surface area (TPSA) is 102 Å². The van der Waals surface area contributed by atoms with Crippen molar-refractivity contribution in [2.75, 3.05) is 42.2 Å². The third kappa shape index (κ3) is 6.31. The number of carbonyl (C=O) groups is 2. The van der Waals surface area contributed by atoms with Crippen molar-refractivity contribution in [1.82, 2.24) is 5.32 Å². The molecule has 0 aliphatic carbocycles. The van der Waals surface area contributed by atoms with Gasteiger partial charge in [0.2, 0.25) is 5.75 Å². The zero-order chi connectivity index (χ0) is 23.5. The SMILES string of the molecule is COc1cccc(CNC(=O)COC(=O)C=Cc2cc(OC)c(OC)c(OC)c2)c1OC. The lowest BCUT2D eigenvalue weighted by atomic mass is 10.1. The van der Waals surface area contributed by atoms with E-state index in [1.165, 1.54) is 47.7 Å². The number of amides is 1. The molecule has 0 saturated carbocycles. The predicted octanol–water partition coefficient (Wildman–Crippen LogP) is 2.60. The number of carbonyl (C=O) groups excluding carboxylic acids is 2. The molecule has 0 aliphatic rings. The molecule has 0 aromatic heterocycles. The first-order valence-electron chi connectivity index (χ1n) is 9.58. The normalized spacial score (nSPS) is 10.4. The van der Waals surface area contributed by atoms with Crippen LogP contribution in [0.3, 0.4) is 0 Å². The number of ether oxygens (including phenoxy) is 6. The summed E-state index contributed by atoms with van der Waals surface area (Å²) in [4.78, 5) is 24.1. The maximum Gasteiger partial charge on any atom is 0.331 e. The Bertz CT molecular complexity index is 945. The number of methoxy groups -OCH3 is 5. The summed E-state index contributed by atoms with van der Waals surface area (Å²) in [7, 11) is 7.55. The summed E-state index contributed by atoms with van der Waals surface area (Å²) in [6.45, 7) is -0.233. The van der Waals surface area contributed by atoms with Crippen LogP contribution in [0.5, 0.6) is 28.7 Å². The van der Waals surface area contributed by atoms with Crippen molar-refractivity contribution in [2.45, 2.75) is 6.54 Å². The average molecular weight is 445 g/mol. The molecule has 2 aromatic rings. The monoisotopic (exact) mass is 445 g/mol. The van der Waals surface area contributed by atoms with Crippen LogP contribution in [-0.2, 0) is 20.9 Å². The van der Waals surface area contributed by atoms with Gasteiger partial charge in [0.05, 0.1) is 35.5 Å². The van der Waals surface area contributed by atoms with Gasteiger partial charge >= 0.3 is 5.97 Å². The standard InChI is InChI=1S/C23H27NO8/c1-27-17-8-6-7-16(22(17)30-4)13-24-20(25)14-32-21(26)10-9-15-11-18(28-2)23(31-5)19(12-15)29-3/h6-12H,13-14H2,1-5H3,(H,24,25). The molecule has 2 rings (SSSR count). The van der Waals surface area contributed by atoms with Crippen LogP contribution in [0.4, 0.5) is 0 Å². The van der Waals surface area contributed by atoms with Gasteiger partial charge in [-0.1, -0.05) is 12.1 Å². The Labute approximate surface area is 186 Å². The molecule has 1 amide bonds. The lowest BCUT2D eigenvalue weighted by molar-refractivity contribution is -0.143. The van der Waals surface area contributed by atoms with Gasteiger partial charge < -0.3 is 33.7 Å². The molecule has 0 heterocycles. The second-order valence-corrected chi connectivity index (χ2v) is 6.33. The first-order chi connectivity index (χ1) is 15.5. The van der Waals surface area contributed by atoms with Crippen LogP contribution in [0.25, 0.3) is 6.08 Å². The lowest BCUT2D eigenvalue weighted by Gasteiger charge is -2.13. The molecular weight excluding hydrogens is 418 g/mol. The Hall–Kier alpha value is -3.88. The predicted molar refractivity (Wildman–Crippen MR) is 117 cm³/mol. The highest BCUT2D eigenvalue weighted by molar-refractivity contribution is 5.89. The molecule has 1 N–H and O–H groups in total. The minimum Gasteiger partial charge on any atom is -0.493 e. The van der Waals surface area contributed by atoms with Gasteiger partial charge in [-0.05, 0) is 29.8 Å². The largest absolute Gasteiger partial charge is 0.493 e. The summed E-state index contributed by atoms with van der Waals surface area (Å²) in [5.41, 5.74) is 1.36. The van der Waals surface area contributed by atoms with E-state index in [0.29, 0.717) is 34.3 Å². The Morgan fingerprint density at radius 1 is 0.844 bits per heavy atom. The van der Waals surface area contributed by atoms with E-state index < -0.39 is 18.5 Å². The molecule has 9 nitrogen and oxygen atoms in total. The number of esters is 1. The molecule has 32 heavy (non-hydrogen) atoms. The van der Waals surface area contributed by atoms with Crippen molar-refractivity contribution >= 4 is 18.0 Å². The summed E-state index contributed by atoms with van der Waals surface area (Å²) >= 11 is 0. The highest BCUT2D eigenvalue weighted by atomic mass is 16.5. The highest BCUT2D eigenvalue weighted by Gasteiger charge is 2.13. The smallest absolute Gasteiger partial charge is 0.331 e. The Morgan fingerprint density at radius 2 is 1.47 bits per heavy atom. The minimum atomic E-state index is -0.673. The van der Waals surface area contributed by atoms with Gasteiger partial charge in [-0.15, -0.1) is 0 Å². The molecule has 0 fully saturated rings. The maximum absolute atomic E-state index is 12.1. The first-order valence-corrected chi connectivity index (χ1v) is 9.58. The van der Waals surface area contributed by atoms with E-state index >= 15 is 0 Å². The molecule has 0 bridgehead atoms. The first kappa shape index (κ1) is 24.4. The molecular formula is C23H27NO8. The van der Waals surface area contributed by atoms with Gasteiger partial charge in [0.15, 0.2) is 29.6 Å². The maximum atomic E-state index is 12.1. The van der Waals surface area contributed by atoms with Crippen LogP contribution >= 0.6 is 0 Å². The van der Waals surface area contributed by atoms with E-state index in [1.54, 1.807) is 30.3 Å². The van der Waals surface area contributed by atoms with Crippen LogP contribution in [-0.4, -0.2) is 54.0 Å². The number of hydrogen-bond acceptors (Lipinski definition) is 8. The van der Waals surface area contributed by atoms with E-state index in [9.17, 15) is 9.59 Å². The number of benzene rings is 2. The fourth-order valence-corrected chi connectivity index (χ4v) is 2.88. The Balaban J connectivity index is 1.92. The summed E-state index contributed by atoms with van der Waals surface area (Å²) < 4.78 is 31.4. The Morgan fingerprint density at radius 3 is 2.03 bits per heavy atom. The zero-order valence-corrected chi connectivity index (χ0v) is 18.7. The van der Waals surface area contributed by atoms with Gasteiger partial charge in [0.1, 0.15) is 0 Å². The average Bonchev–Trinajstić information content (AvgIpc) is 2.83. The van der Waals surface area contributed by atoms with Crippen molar-refractivity contribution < 1.29 is 38.0 Å². The van der Waals surface area contributed by atoms with Crippen molar-refractivity contribution in [3.05, 3.63) is 47.5 Å². The van der Waals surface area contributed by atoms with Crippen LogP contribution in [0.2, 0.25) is 0 Å². The second kappa shape index (κ2) is 12.1. The molecule has 0 unspecified atom stereocenters. The van der Waals surface area contributed by atoms with Gasteiger partial charge in [-0.2, -0.15) is 0 Å². The van der Waals surface area contributed by atoms with Gasteiger partial charge in [-0.3, -0.25) is 4.79 Å². The van der Waals surface area contributed by atoms with Crippen LogP contribution in [0, 0.1) is 0 Å². The highest BCUT2D eigenvalue weighted by Crippen LogP contribution is 2.38. The molecule has 0 spiro atoms. The second-order valence-electron chi connectivity index (χ2n) is 6.33. The molecule has 2 aromatic carbocycles. The zero-order valence-electron chi connectivity index (χ0n) is 18.7. The third-order valence-electron chi connectivity index (χ3n) is 4.40. The quantitative estimate of drug-likeness (QED) is 0.416. The fraction of sp³-hybridized carbons (Fsp3) is 0.304. The van der Waals surface area contributed by atoms with Gasteiger partial charge in [0.25, 0.3) is 5.91 Å². The van der Waals surface area contributed by atoms with E-state index in [1.807, 2.05) is 0 Å². The summed E-state index contributed by atoms with van der Waals surface area (Å²) in [5, 5.41) is 2.67. The van der Waals surface area contributed by atoms with Gasteiger partial charge in [0, 0.05) is 18.2 Å². The summed E-state index contributed by atoms with van der Waals surface area (Å²) in [6.07, 6.45) is 2.73. The number of rotatable bonds is 11. The van der Waals surface area contributed by atoms with Crippen molar-refractivity contribution in [2.24, 2.45) is 0 Å². The molecule has 0 radical (unpaired) electrons. The lowest BCUT2D eigenvalue weighted by Crippen LogP contribution is -2.28. The van der Waals surface area contributed by atoms with Crippen LogP contribution in [0.15, 0.2) is 36.4 Å². The number of hydrogen-bond donors (Lipinski definition) is 1. The molecule has 172 valence electrons. The van der Waals surface area contributed by atoms with Gasteiger partial charge in [-0.25, -0.2) is 4.79 Å². The molecule has 0 aliphatic heterocycles. The van der Waals surface area contributed by atoms with Crippen molar-refractivity contribution in [3.8, 4) is 28.7 Å². The molecule has 0 saturated heterocycles. The number of nitrogens with one attached hydrogen (secondary N) is 1. The van der Waals surface area contributed by atoms with Crippen LogP contribution < -0.4 is 29.0 Å². The molecule has 0 atom stereocenters.